The van der Waals surface area contributed by atoms with Crippen molar-refractivity contribution < 1.29 is 19.2 Å². The second-order valence-corrected chi connectivity index (χ2v) is 4.65. The maximum absolute atomic E-state index is 11.8. The SMILES string of the molecule is CCOCC(C)OC(=O)c1ccc(Br)c([N+](=O)[O-])c1. The molecule has 1 atom stereocenters. The van der Waals surface area contributed by atoms with Crippen LogP contribution in [-0.2, 0) is 9.47 Å². The molecule has 0 radical (unpaired) electrons. The van der Waals surface area contributed by atoms with E-state index in [9.17, 15) is 14.9 Å². The highest BCUT2D eigenvalue weighted by Gasteiger charge is 2.18. The monoisotopic (exact) mass is 331 g/mol. The van der Waals surface area contributed by atoms with Crippen molar-refractivity contribution in [2.75, 3.05) is 13.2 Å². The van der Waals surface area contributed by atoms with E-state index in [0.29, 0.717) is 17.7 Å². The summed E-state index contributed by atoms with van der Waals surface area (Å²) in [6, 6.07) is 4.09. The van der Waals surface area contributed by atoms with Gasteiger partial charge in [-0.2, -0.15) is 0 Å². The van der Waals surface area contributed by atoms with Gasteiger partial charge in [0.2, 0.25) is 0 Å². The standard InChI is InChI=1S/C12H14BrNO5/c1-3-18-7-8(2)19-12(15)9-4-5-10(13)11(6-9)14(16)17/h4-6,8H,3,7H2,1-2H3. The number of benzene rings is 1. The van der Waals surface area contributed by atoms with E-state index in [1.807, 2.05) is 6.92 Å². The lowest BCUT2D eigenvalue weighted by Gasteiger charge is -2.12. The van der Waals surface area contributed by atoms with Gasteiger partial charge in [-0.1, -0.05) is 0 Å². The van der Waals surface area contributed by atoms with E-state index < -0.39 is 17.0 Å². The molecule has 0 aromatic heterocycles. The van der Waals surface area contributed by atoms with E-state index in [4.69, 9.17) is 9.47 Å². The molecule has 1 rings (SSSR count). The van der Waals surface area contributed by atoms with Crippen LogP contribution in [0.2, 0.25) is 0 Å². The van der Waals surface area contributed by atoms with Crippen molar-refractivity contribution in [1.29, 1.82) is 0 Å². The van der Waals surface area contributed by atoms with Crippen LogP contribution in [0, 0.1) is 10.1 Å². The van der Waals surface area contributed by atoms with Crippen LogP contribution in [0.15, 0.2) is 22.7 Å². The molecular formula is C12H14BrNO5. The normalized spacial score (nSPS) is 11.9. The summed E-state index contributed by atoms with van der Waals surface area (Å²) in [6.45, 7) is 4.36. The maximum atomic E-state index is 11.8. The summed E-state index contributed by atoms with van der Waals surface area (Å²) in [4.78, 5) is 22.0. The zero-order valence-corrected chi connectivity index (χ0v) is 12.2. The molecule has 7 heteroatoms. The van der Waals surface area contributed by atoms with Gasteiger partial charge >= 0.3 is 5.97 Å². The molecule has 0 amide bonds. The van der Waals surface area contributed by atoms with E-state index >= 15 is 0 Å². The Labute approximate surface area is 119 Å². The van der Waals surface area contributed by atoms with E-state index in [1.54, 1.807) is 6.92 Å². The van der Waals surface area contributed by atoms with Crippen LogP contribution in [-0.4, -0.2) is 30.2 Å². The minimum Gasteiger partial charge on any atom is -0.457 e. The number of nitrogens with zero attached hydrogens (tertiary/aromatic N) is 1. The van der Waals surface area contributed by atoms with Crippen molar-refractivity contribution in [1.82, 2.24) is 0 Å². The number of esters is 1. The Hall–Kier alpha value is -1.47. The van der Waals surface area contributed by atoms with E-state index in [-0.39, 0.29) is 11.3 Å². The average molecular weight is 332 g/mol. The fourth-order valence-corrected chi connectivity index (χ4v) is 1.74. The number of hydrogen-bond acceptors (Lipinski definition) is 5. The molecule has 0 fully saturated rings. The van der Waals surface area contributed by atoms with Crippen molar-refractivity contribution >= 4 is 27.6 Å². The van der Waals surface area contributed by atoms with Crippen molar-refractivity contribution in [2.45, 2.75) is 20.0 Å². The molecule has 0 saturated carbocycles. The second kappa shape index (κ2) is 7.20. The van der Waals surface area contributed by atoms with Crippen LogP contribution in [0.25, 0.3) is 0 Å². The van der Waals surface area contributed by atoms with Gasteiger partial charge in [0.05, 0.1) is 21.6 Å². The largest absolute Gasteiger partial charge is 0.457 e. The van der Waals surface area contributed by atoms with Gasteiger partial charge in [0, 0.05) is 12.7 Å². The molecule has 1 unspecified atom stereocenters. The zero-order chi connectivity index (χ0) is 14.4. The molecule has 104 valence electrons. The maximum Gasteiger partial charge on any atom is 0.338 e. The fourth-order valence-electron chi connectivity index (χ4n) is 1.35. The molecular weight excluding hydrogens is 318 g/mol. The third-order valence-corrected chi connectivity index (χ3v) is 2.91. The Morgan fingerprint density at radius 3 is 2.79 bits per heavy atom. The zero-order valence-electron chi connectivity index (χ0n) is 10.6. The Bertz CT molecular complexity index is 477. The molecule has 0 N–H and O–H groups in total. The number of carbonyl (C=O) groups excluding carboxylic acids is 1. The summed E-state index contributed by atoms with van der Waals surface area (Å²) in [7, 11) is 0. The second-order valence-electron chi connectivity index (χ2n) is 3.80. The average Bonchev–Trinajstić information content (AvgIpc) is 2.36. The molecule has 0 aliphatic carbocycles. The first-order valence-electron chi connectivity index (χ1n) is 5.68. The molecule has 19 heavy (non-hydrogen) atoms. The summed E-state index contributed by atoms with van der Waals surface area (Å²) in [6.07, 6.45) is -0.407. The highest BCUT2D eigenvalue weighted by molar-refractivity contribution is 9.10. The Morgan fingerprint density at radius 1 is 1.53 bits per heavy atom. The van der Waals surface area contributed by atoms with Gasteiger partial charge in [-0.3, -0.25) is 10.1 Å². The van der Waals surface area contributed by atoms with Crippen LogP contribution in [0.4, 0.5) is 5.69 Å². The molecule has 0 aliphatic rings. The molecule has 1 aromatic carbocycles. The highest BCUT2D eigenvalue weighted by Crippen LogP contribution is 2.26. The van der Waals surface area contributed by atoms with Crippen LogP contribution >= 0.6 is 15.9 Å². The van der Waals surface area contributed by atoms with Gasteiger partial charge in [0.1, 0.15) is 6.10 Å². The fraction of sp³-hybridized carbons (Fsp3) is 0.417. The number of ether oxygens (including phenoxy) is 2. The predicted molar refractivity (Wildman–Crippen MR) is 72.2 cm³/mol. The lowest BCUT2D eigenvalue weighted by atomic mass is 10.2. The van der Waals surface area contributed by atoms with Gasteiger partial charge in [-0.25, -0.2) is 4.79 Å². The first-order valence-corrected chi connectivity index (χ1v) is 6.47. The quantitative estimate of drug-likeness (QED) is 0.455. The van der Waals surface area contributed by atoms with Gasteiger partial charge in [-0.05, 0) is 41.9 Å². The van der Waals surface area contributed by atoms with Gasteiger partial charge in [0.15, 0.2) is 0 Å². The van der Waals surface area contributed by atoms with Crippen molar-refractivity contribution in [3.05, 3.63) is 38.3 Å². The molecule has 0 aliphatic heterocycles. The summed E-state index contributed by atoms with van der Waals surface area (Å²) >= 11 is 3.05. The molecule has 0 heterocycles. The Balaban J connectivity index is 2.77. The van der Waals surface area contributed by atoms with Crippen LogP contribution in [0.3, 0.4) is 0 Å². The third-order valence-electron chi connectivity index (χ3n) is 2.24. The smallest absolute Gasteiger partial charge is 0.338 e. The van der Waals surface area contributed by atoms with Gasteiger partial charge < -0.3 is 9.47 Å². The molecule has 0 bridgehead atoms. The van der Waals surface area contributed by atoms with Crippen molar-refractivity contribution in [3.63, 3.8) is 0 Å². The van der Waals surface area contributed by atoms with E-state index in [0.717, 1.165) is 0 Å². The molecule has 0 saturated heterocycles. The number of nitro groups is 1. The number of nitro benzene ring substituents is 1. The molecule has 1 aromatic rings. The van der Waals surface area contributed by atoms with Crippen LogP contribution in [0.1, 0.15) is 24.2 Å². The summed E-state index contributed by atoms with van der Waals surface area (Å²) in [5.41, 5.74) is -0.0369. The van der Waals surface area contributed by atoms with Crippen LogP contribution < -0.4 is 0 Å². The number of halogens is 1. The minimum atomic E-state index is -0.609. The van der Waals surface area contributed by atoms with Crippen molar-refractivity contribution in [3.8, 4) is 0 Å². The van der Waals surface area contributed by atoms with E-state index in [1.165, 1.54) is 18.2 Å². The topological polar surface area (TPSA) is 78.7 Å². The summed E-state index contributed by atoms with van der Waals surface area (Å²) in [5.74, 6) is -0.609. The summed E-state index contributed by atoms with van der Waals surface area (Å²) in [5, 5.41) is 10.8. The first-order chi connectivity index (χ1) is 8.95. The highest BCUT2D eigenvalue weighted by atomic mass is 79.9. The van der Waals surface area contributed by atoms with Gasteiger partial charge in [0.25, 0.3) is 5.69 Å². The first kappa shape index (κ1) is 15.6. The van der Waals surface area contributed by atoms with Crippen LogP contribution in [0.5, 0.6) is 0 Å². The lowest BCUT2D eigenvalue weighted by molar-refractivity contribution is -0.385. The number of hydrogen-bond donors (Lipinski definition) is 0. The number of rotatable bonds is 6. The van der Waals surface area contributed by atoms with E-state index in [2.05, 4.69) is 15.9 Å². The molecule has 0 spiro atoms. The lowest BCUT2D eigenvalue weighted by Crippen LogP contribution is -2.20. The minimum absolute atomic E-state index is 0.137. The Morgan fingerprint density at radius 2 is 2.21 bits per heavy atom. The summed E-state index contributed by atoms with van der Waals surface area (Å²) < 4.78 is 10.5. The van der Waals surface area contributed by atoms with Gasteiger partial charge in [-0.15, -0.1) is 0 Å². The predicted octanol–water partition coefficient (Wildman–Crippen LogP) is 2.94. The number of carbonyl (C=O) groups is 1. The third kappa shape index (κ3) is 4.60. The molecule has 6 nitrogen and oxygen atoms in total. The Kier molecular flexibility index (Phi) is 5.91. The van der Waals surface area contributed by atoms with Crippen molar-refractivity contribution in [2.24, 2.45) is 0 Å².